The van der Waals surface area contributed by atoms with Crippen molar-refractivity contribution in [1.29, 1.82) is 0 Å². The molecule has 0 bridgehead atoms. The van der Waals surface area contributed by atoms with Gasteiger partial charge < -0.3 is 21.9 Å². The van der Waals surface area contributed by atoms with Gasteiger partial charge in [0.2, 0.25) is 0 Å². The van der Waals surface area contributed by atoms with Crippen molar-refractivity contribution in [3.63, 3.8) is 0 Å². The second kappa shape index (κ2) is 59.4. The van der Waals surface area contributed by atoms with Crippen LogP contribution in [-0.4, -0.2) is 21.9 Å². The van der Waals surface area contributed by atoms with Crippen LogP contribution in [0.15, 0.2) is 0 Å². The average Bonchev–Trinajstić information content (AvgIpc) is 0. The van der Waals surface area contributed by atoms with E-state index >= 15 is 0 Å². The van der Waals surface area contributed by atoms with Gasteiger partial charge in [-0.3, -0.25) is 0 Å². The first-order valence-corrected chi connectivity index (χ1v) is 0. The summed E-state index contributed by atoms with van der Waals surface area (Å²) in [5.41, 5.74) is 0. The molecule has 4 nitrogen and oxygen atoms in total. The summed E-state index contributed by atoms with van der Waals surface area (Å²) in [6, 6.07) is 0. The fourth-order valence-electron chi connectivity index (χ4n) is 0. The van der Waals surface area contributed by atoms with E-state index in [1.54, 1.807) is 0 Å². The largest absolute Gasteiger partial charge is 1.00 e. The molecule has 0 aliphatic carbocycles. The molecular weight excluding hydrogens is 417 g/mol. The van der Waals surface area contributed by atoms with Gasteiger partial charge >= 0.3 is 206 Å². The smallest absolute Gasteiger partial charge is 0.870 e. The SMILES string of the molecule is [Au].[K+].[K+].[K+].[K+].[OH-].[OH-].[OH-].[OH-]. The molecule has 0 saturated carbocycles. The predicted molar refractivity (Wildman–Crippen MR) is 7.74 cm³/mol. The van der Waals surface area contributed by atoms with Gasteiger partial charge in [0, 0.05) is 22.4 Å². The molecule has 0 aromatic carbocycles. The molecule has 0 aromatic rings. The normalized spacial score (nSPS) is 0. The molecule has 0 amide bonds. The first-order valence-electron chi connectivity index (χ1n) is 0. The molecular formula is H4AuK4O4. The molecule has 43 valence electrons. The van der Waals surface area contributed by atoms with Crippen LogP contribution in [0.3, 0.4) is 0 Å². The van der Waals surface area contributed by atoms with Crippen molar-refractivity contribution in [2.24, 2.45) is 0 Å². The van der Waals surface area contributed by atoms with Crippen LogP contribution >= 0.6 is 0 Å². The maximum absolute atomic E-state index is 0. The Morgan fingerprint density at radius 1 is 0.333 bits per heavy atom. The molecule has 0 heterocycles. The van der Waals surface area contributed by atoms with Crippen LogP contribution in [0.1, 0.15) is 0 Å². The van der Waals surface area contributed by atoms with Crippen LogP contribution in [-0.2, 0) is 22.4 Å². The fraction of sp³-hybridized carbons (Fsp3) is 0. The molecule has 0 spiro atoms. The Morgan fingerprint density at radius 3 is 0.333 bits per heavy atom. The monoisotopic (exact) mass is 421 g/mol. The average molecular weight is 421 g/mol. The molecule has 0 fully saturated rings. The number of hydrogen-bond acceptors (Lipinski definition) is 4. The fourth-order valence-corrected chi connectivity index (χ4v) is 0. The molecule has 0 aliphatic heterocycles. The van der Waals surface area contributed by atoms with Gasteiger partial charge in [0.1, 0.15) is 0 Å². The molecule has 1 radical (unpaired) electrons. The summed E-state index contributed by atoms with van der Waals surface area (Å²) in [4.78, 5) is 0. The van der Waals surface area contributed by atoms with Crippen LogP contribution in [0.5, 0.6) is 0 Å². The predicted octanol–water partition coefficient (Wildman–Crippen LogP) is -12.7. The van der Waals surface area contributed by atoms with Crippen LogP contribution in [0, 0.1) is 0 Å². The van der Waals surface area contributed by atoms with Crippen molar-refractivity contribution < 1.29 is 250 Å². The zero-order valence-electron chi connectivity index (χ0n) is 6.09. The van der Waals surface area contributed by atoms with Crippen LogP contribution < -0.4 is 206 Å². The second-order valence-electron chi connectivity index (χ2n) is 0. The minimum Gasteiger partial charge on any atom is -0.870 e. The topological polar surface area (TPSA) is 120 Å². The molecule has 0 rings (SSSR count). The summed E-state index contributed by atoms with van der Waals surface area (Å²) in [5, 5.41) is 0. The van der Waals surface area contributed by atoms with E-state index in [4.69, 9.17) is 0 Å². The summed E-state index contributed by atoms with van der Waals surface area (Å²) >= 11 is 0. The van der Waals surface area contributed by atoms with E-state index < -0.39 is 0 Å². The minimum atomic E-state index is 0. The Labute approximate surface area is 241 Å². The van der Waals surface area contributed by atoms with Gasteiger partial charge in [-0.05, 0) is 0 Å². The Kier molecular flexibility index (Phi) is 480. The van der Waals surface area contributed by atoms with Gasteiger partial charge in [0.15, 0.2) is 0 Å². The standard InChI is InChI=1S/Au.4K.4H2O/h;;;;;4*1H2/q;4*+1;;;;/p-4. The summed E-state index contributed by atoms with van der Waals surface area (Å²) in [5.74, 6) is 0. The molecule has 0 unspecified atom stereocenters. The van der Waals surface area contributed by atoms with E-state index in [0.29, 0.717) is 0 Å². The van der Waals surface area contributed by atoms with E-state index in [0.717, 1.165) is 0 Å². The maximum Gasteiger partial charge on any atom is 1.00 e. The van der Waals surface area contributed by atoms with E-state index in [9.17, 15) is 0 Å². The molecule has 9 heteroatoms. The first-order chi connectivity index (χ1) is 0. The van der Waals surface area contributed by atoms with Gasteiger partial charge in [-0.2, -0.15) is 0 Å². The summed E-state index contributed by atoms with van der Waals surface area (Å²) < 4.78 is 0. The van der Waals surface area contributed by atoms with Gasteiger partial charge in [-0.25, -0.2) is 0 Å². The van der Waals surface area contributed by atoms with Crippen molar-refractivity contribution >= 4 is 0 Å². The first kappa shape index (κ1) is 72.7. The van der Waals surface area contributed by atoms with Gasteiger partial charge in [-0.1, -0.05) is 0 Å². The second-order valence-corrected chi connectivity index (χ2v) is 0. The maximum atomic E-state index is 0. The summed E-state index contributed by atoms with van der Waals surface area (Å²) in [7, 11) is 0. The van der Waals surface area contributed by atoms with E-state index in [-0.39, 0.29) is 250 Å². The summed E-state index contributed by atoms with van der Waals surface area (Å²) in [6.07, 6.45) is 0. The molecule has 0 aliphatic rings. The van der Waals surface area contributed by atoms with Crippen molar-refractivity contribution in [1.82, 2.24) is 0 Å². The minimum absolute atomic E-state index is 0. The van der Waals surface area contributed by atoms with E-state index in [2.05, 4.69) is 0 Å². The van der Waals surface area contributed by atoms with E-state index in [1.165, 1.54) is 0 Å². The number of rotatable bonds is 0. The Morgan fingerprint density at radius 2 is 0.333 bits per heavy atom. The van der Waals surface area contributed by atoms with Crippen molar-refractivity contribution in [3.05, 3.63) is 0 Å². The molecule has 9 heavy (non-hydrogen) atoms. The van der Waals surface area contributed by atoms with Crippen LogP contribution in [0.4, 0.5) is 0 Å². The molecule has 4 N–H and O–H groups in total. The third-order valence-corrected chi connectivity index (χ3v) is 0. The Hall–Kier alpha value is 7.13. The van der Waals surface area contributed by atoms with E-state index in [1.807, 2.05) is 0 Å². The Balaban J connectivity index is 0. The van der Waals surface area contributed by atoms with Crippen molar-refractivity contribution in [2.75, 3.05) is 0 Å². The zero-order valence-corrected chi connectivity index (χ0v) is 20.7. The third-order valence-electron chi connectivity index (χ3n) is 0. The third kappa shape index (κ3) is 51.3. The quantitative estimate of drug-likeness (QED) is 0.361. The molecule has 0 saturated heterocycles. The number of hydrogen-bond donors (Lipinski definition) is 0. The van der Waals surface area contributed by atoms with Gasteiger partial charge in [0.25, 0.3) is 0 Å². The van der Waals surface area contributed by atoms with Gasteiger partial charge in [-0.15, -0.1) is 0 Å². The Bertz CT molecular complexity index is 12.5. The van der Waals surface area contributed by atoms with Gasteiger partial charge in [0.05, 0.1) is 0 Å². The van der Waals surface area contributed by atoms with Crippen LogP contribution in [0.2, 0.25) is 0 Å². The molecule has 0 atom stereocenters. The van der Waals surface area contributed by atoms with Crippen LogP contribution in [0.25, 0.3) is 0 Å². The zero-order chi connectivity index (χ0) is 0. The molecule has 0 aromatic heterocycles. The van der Waals surface area contributed by atoms with Crippen molar-refractivity contribution in [2.45, 2.75) is 0 Å². The van der Waals surface area contributed by atoms with Crippen molar-refractivity contribution in [3.8, 4) is 0 Å². The summed E-state index contributed by atoms with van der Waals surface area (Å²) in [6.45, 7) is 0.